The van der Waals surface area contributed by atoms with Crippen molar-refractivity contribution in [2.75, 3.05) is 7.11 Å². The normalized spacial score (nSPS) is 15.7. The molecular weight excluding hydrogens is 384 g/mol. The zero-order valence-corrected chi connectivity index (χ0v) is 16.7. The Balaban J connectivity index is 1.78. The minimum Gasteiger partial charge on any atom is -0.511 e. The molecule has 1 aliphatic heterocycles. The number of para-hydroxylation sites is 1. The zero-order chi connectivity index (χ0) is 20.3. The van der Waals surface area contributed by atoms with Crippen molar-refractivity contribution < 1.29 is 19.4 Å². The summed E-state index contributed by atoms with van der Waals surface area (Å²) in [6, 6.07) is 26.4. The van der Waals surface area contributed by atoms with Gasteiger partial charge in [0.2, 0.25) is 0 Å². The number of carbonyl (C=O) groups is 1. The molecule has 3 aromatic rings. The Kier molecular flexibility index (Phi) is 5.32. The van der Waals surface area contributed by atoms with Crippen molar-refractivity contribution in [2.45, 2.75) is 16.9 Å². The van der Waals surface area contributed by atoms with Crippen LogP contribution in [0, 0.1) is 0 Å². The molecule has 146 valence electrons. The Morgan fingerprint density at radius 3 is 2.00 bits per heavy atom. The van der Waals surface area contributed by atoms with Gasteiger partial charge in [-0.05, 0) is 12.1 Å². The molecule has 0 amide bonds. The van der Waals surface area contributed by atoms with Crippen LogP contribution in [0.3, 0.4) is 0 Å². The maximum atomic E-state index is 13.1. The van der Waals surface area contributed by atoms with Crippen molar-refractivity contribution >= 4 is 17.7 Å². The van der Waals surface area contributed by atoms with Crippen molar-refractivity contribution in [3.63, 3.8) is 0 Å². The van der Waals surface area contributed by atoms with E-state index in [-0.39, 0.29) is 17.1 Å². The van der Waals surface area contributed by atoms with Crippen molar-refractivity contribution in [1.82, 2.24) is 0 Å². The molecular formula is C24H20O4S. The van der Waals surface area contributed by atoms with Crippen LogP contribution in [0.2, 0.25) is 0 Å². The first-order valence-corrected chi connectivity index (χ1v) is 10.0. The molecule has 1 heterocycles. The number of aliphatic hydroxyl groups excluding tert-OH is 1. The van der Waals surface area contributed by atoms with Crippen LogP contribution >= 0.6 is 11.8 Å². The topological polar surface area (TPSA) is 55.8 Å². The molecule has 5 heteroatoms. The highest BCUT2D eigenvalue weighted by Crippen LogP contribution is 2.47. The molecule has 0 bridgehead atoms. The Hall–Kier alpha value is -3.18. The number of esters is 1. The summed E-state index contributed by atoms with van der Waals surface area (Å²) in [5, 5.41) is 10.9. The van der Waals surface area contributed by atoms with Crippen molar-refractivity contribution in [2.24, 2.45) is 0 Å². The molecule has 1 N–H and O–H groups in total. The van der Waals surface area contributed by atoms with Crippen LogP contribution in [0.4, 0.5) is 0 Å². The summed E-state index contributed by atoms with van der Waals surface area (Å²) in [7, 11) is 1.57. The second-order valence-corrected chi connectivity index (χ2v) is 7.71. The van der Waals surface area contributed by atoms with Crippen LogP contribution in [0.5, 0.6) is 5.75 Å². The molecule has 4 nitrogen and oxygen atoms in total. The van der Waals surface area contributed by atoms with Gasteiger partial charge < -0.3 is 14.6 Å². The van der Waals surface area contributed by atoms with Gasteiger partial charge in [-0.2, -0.15) is 0 Å². The van der Waals surface area contributed by atoms with Crippen molar-refractivity contribution in [1.29, 1.82) is 0 Å². The van der Waals surface area contributed by atoms with E-state index in [1.165, 1.54) is 0 Å². The number of hydrogen-bond donors (Lipinski definition) is 1. The van der Waals surface area contributed by atoms with Gasteiger partial charge in [0.05, 0.1) is 18.4 Å². The number of ether oxygens (including phenoxy) is 2. The lowest BCUT2D eigenvalue weighted by atomic mass is 9.81. The Morgan fingerprint density at radius 2 is 1.45 bits per heavy atom. The molecule has 29 heavy (non-hydrogen) atoms. The lowest BCUT2D eigenvalue weighted by Gasteiger charge is -2.37. The predicted molar refractivity (Wildman–Crippen MR) is 113 cm³/mol. The van der Waals surface area contributed by atoms with Crippen LogP contribution < -0.4 is 4.74 Å². The summed E-state index contributed by atoms with van der Waals surface area (Å²) >= 11 is 1.15. The molecule has 0 aliphatic carbocycles. The minimum absolute atomic E-state index is 0.00450. The third-order valence-corrected chi connectivity index (χ3v) is 6.06. The highest BCUT2D eigenvalue weighted by atomic mass is 32.2. The lowest BCUT2D eigenvalue weighted by molar-refractivity contribution is -0.154. The number of rotatable bonds is 5. The highest BCUT2D eigenvalue weighted by molar-refractivity contribution is 8.04. The first-order valence-electron chi connectivity index (χ1n) is 9.21. The van der Waals surface area contributed by atoms with E-state index in [1.807, 2.05) is 84.9 Å². The Morgan fingerprint density at radius 1 is 0.897 bits per heavy atom. The zero-order valence-electron chi connectivity index (χ0n) is 15.9. The standard InChI is InChI=1S/C24H20O4S/c1-27-20-14-8-9-15-21(20)29-22-19(25)16-24(28-23(22)26,17-10-4-2-5-11-17)18-12-6-3-7-13-18/h2-15,25H,16H2,1H3. The first kappa shape index (κ1) is 19.2. The van der Waals surface area contributed by atoms with Gasteiger partial charge in [0.15, 0.2) is 5.60 Å². The van der Waals surface area contributed by atoms with Crippen LogP contribution in [-0.4, -0.2) is 18.2 Å². The summed E-state index contributed by atoms with van der Waals surface area (Å²) in [6.45, 7) is 0. The molecule has 0 fully saturated rings. The van der Waals surface area contributed by atoms with Crippen LogP contribution in [-0.2, 0) is 15.1 Å². The number of cyclic esters (lactones) is 1. The second kappa shape index (κ2) is 8.05. The molecule has 0 spiro atoms. The molecule has 0 saturated carbocycles. The molecule has 3 aromatic carbocycles. The number of thioether (sulfide) groups is 1. The van der Waals surface area contributed by atoms with E-state index in [2.05, 4.69) is 0 Å². The molecule has 4 rings (SSSR count). The van der Waals surface area contributed by atoms with Gasteiger partial charge in [-0.25, -0.2) is 4.79 Å². The number of benzene rings is 3. The van der Waals surface area contributed by atoms with Gasteiger partial charge in [0.25, 0.3) is 0 Å². The van der Waals surface area contributed by atoms with Gasteiger partial charge in [-0.15, -0.1) is 0 Å². The third-order valence-electron chi connectivity index (χ3n) is 4.89. The maximum absolute atomic E-state index is 13.1. The van der Waals surface area contributed by atoms with E-state index in [1.54, 1.807) is 7.11 Å². The predicted octanol–water partition coefficient (Wildman–Crippen LogP) is 5.45. The van der Waals surface area contributed by atoms with E-state index in [0.717, 1.165) is 27.8 Å². The fraction of sp³-hybridized carbons (Fsp3) is 0.125. The molecule has 1 aliphatic rings. The van der Waals surface area contributed by atoms with Gasteiger partial charge in [-0.3, -0.25) is 0 Å². The monoisotopic (exact) mass is 404 g/mol. The molecule has 0 aromatic heterocycles. The Labute approximate surface area is 173 Å². The van der Waals surface area contributed by atoms with E-state index < -0.39 is 11.6 Å². The summed E-state index contributed by atoms with van der Waals surface area (Å²) in [5.74, 6) is 0.0794. The fourth-order valence-electron chi connectivity index (χ4n) is 3.49. The second-order valence-electron chi connectivity index (χ2n) is 6.65. The maximum Gasteiger partial charge on any atom is 0.349 e. The van der Waals surface area contributed by atoms with Crippen LogP contribution in [0.1, 0.15) is 17.5 Å². The Bertz CT molecular complexity index is 1010. The molecule has 0 unspecified atom stereocenters. The van der Waals surface area contributed by atoms with Crippen LogP contribution in [0.25, 0.3) is 0 Å². The number of hydrogen-bond acceptors (Lipinski definition) is 5. The van der Waals surface area contributed by atoms with E-state index in [0.29, 0.717) is 5.75 Å². The van der Waals surface area contributed by atoms with Gasteiger partial charge >= 0.3 is 5.97 Å². The van der Waals surface area contributed by atoms with Gasteiger partial charge in [-0.1, -0.05) is 84.6 Å². The fourth-order valence-corrected chi connectivity index (χ4v) is 4.43. The summed E-state index contributed by atoms with van der Waals surface area (Å²) in [4.78, 5) is 14.0. The summed E-state index contributed by atoms with van der Waals surface area (Å²) in [5.41, 5.74) is 0.550. The first-order chi connectivity index (χ1) is 14.1. The summed E-state index contributed by atoms with van der Waals surface area (Å²) < 4.78 is 11.4. The quantitative estimate of drug-likeness (QED) is 0.573. The number of carbonyl (C=O) groups excluding carboxylic acids is 1. The average molecular weight is 404 g/mol. The SMILES string of the molecule is COc1ccccc1SC1=C(O)CC(c2ccccc2)(c2ccccc2)OC1=O. The smallest absolute Gasteiger partial charge is 0.349 e. The van der Waals surface area contributed by atoms with E-state index in [4.69, 9.17) is 9.47 Å². The van der Waals surface area contributed by atoms with Crippen LogP contribution in [0.15, 0.2) is 100 Å². The average Bonchev–Trinajstić information content (AvgIpc) is 2.77. The third kappa shape index (κ3) is 3.61. The van der Waals surface area contributed by atoms with Gasteiger partial charge in [0, 0.05) is 11.1 Å². The highest BCUT2D eigenvalue weighted by Gasteiger charge is 2.45. The lowest BCUT2D eigenvalue weighted by Crippen LogP contribution is -2.38. The number of methoxy groups -OCH3 is 1. The molecule has 0 radical (unpaired) electrons. The molecule has 0 saturated heterocycles. The van der Waals surface area contributed by atoms with Crippen molar-refractivity contribution in [3.8, 4) is 5.75 Å². The summed E-state index contributed by atoms with van der Waals surface area (Å²) in [6.07, 6.45) is 0.157. The van der Waals surface area contributed by atoms with E-state index in [9.17, 15) is 9.90 Å². The van der Waals surface area contributed by atoms with E-state index >= 15 is 0 Å². The molecule has 0 atom stereocenters. The largest absolute Gasteiger partial charge is 0.511 e. The van der Waals surface area contributed by atoms with Crippen molar-refractivity contribution in [3.05, 3.63) is 107 Å². The van der Waals surface area contributed by atoms with Gasteiger partial charge in [0.1, 0.15) is 16.4 Å². The number of aliphatic hydroxyl groups is 1. The minimum atomic E-state index is -1.07.